The highest BCUT2D eigenvalue weighted by molar-refractivity contribution is 6.37. The Morgan fingerprint density at radius 3 is 2.42 bits per heavy atom. The number of phenolic OH excluding ortho intramolecular Hbond substituents is 1. The molecule has 0 unspecified atom stereocenters. The highest BCUT2D eigenvalue weighted by Gasteiger charge is 2.14. The van der Waals surface area contributed by atoms with E-state index in [1.165, 1.54) is 54.6 Å². The van der Waals surface area contributed by atoms with Crippen molar-refractivity contribution < 1.29 is 19.6 Å². The molecular formula is C23H15Cl2N3O5. The third-order valence-electron chi connectivity index (χ3n) is 4.33. The number of aromatic hydroxyl groups is 1. The number of hydrogen-bond donors (Lipinski definition) is 2. The number of nitrogens with zero attached hydrogens (tertiary/aromatic N) is 2. The van der Waals surface area contributed by atoms with Gasteiger partial charge < -0.3 is 15.2 Å². The molecule has 10 heteroatoms. The topological polar surface area (TPSA) is 125 Å². The van der Waals surface area contributed by atoms with Crippen molar-refractivity contribution in [2.75, 3.05) is 5.32 Å². The zero-order valence-electron chi connectivity index (χ0n) is 16.8. The van der Waals surface area contributed by atoms with E-state index in [9.17, 15) is 25.3 Å². The minimum atomic E-state index is -0.651. The number of ether oxygens (including phenoxy) is 1. The molecule has 0 heterocycles. The van der Waals surface area contributed by atoms with Crippen molar-refractivity contribution in [1.29, 1.82) is 5.26 Å². The molecule has 0 saturated carbocycles. The lowest BCUT2D eigenvalue weighted by molar-refractivity contribution is -0.384. The van der Waals surface area contributed by atoms with Gasteiger partial charge in [-0.3, -0.25) is 14.9 Å². The molecule has 0 bridgehead atoms. The van der Waals surface area contributed by atoms with Crippen molar-refractivity contribution in [2.45, 2.75) is 6.61 Å². The van der Waals surface area contributed by atoms with Gasteiger partial charge in [0.15, 0.2) is 5.75 Å². The van der Waals surface area contributed by atoms with E-state index in [1.54, 1.807) is 12.1 Å². The molecule has 0 fully saturated rings. The summed E-state index contributed by atoms with van der Waals surface area (Å²) in [5.74, 6) is -0.448. The Bertz CT molecular complexity index is 1260. The molecule has 0 aliphatic rings. The average molecular weight is 484 g/mol. The van der Waals surface area contributed by atoms with Crippen LogP contribution in [0.15, 0.2) is 66.2 Å². The number of non-ortho nitro benzene ring substituents is 1. The van der Waals surface area contributed by atoms with E-state index in [2.05, 4.69) is 5.32 Å². The average Bonchev–Trinajstić information content (AvgIpc) is 2.78. The molecule has 1 amide bonds. The number of halogens is 2. The molecule has 0 aromatic heterocycles. The number of carbonyl (C=O) groups excluding carboxylic acids is 1. The fourth-order valence-electron chi connectivity index (χ4n) is 2.77. The van der Waals surface area contributed by atoms with E-state index in [4.69, 9.17) is 27.9 Å². The number of phenols is 1. The van der Waals surface area contributed by atoms with Crippen molar-refractivity contribution in [3.63, 3.8) is 0 Å². The van der Waals surface area contributed by atoms with Gasteiger partial charge in [-0.05, 0) is 53.6 Å². The number of nitrogens with one attached hydrogen (secondary N) is 1. The summed E-state index contributed by atoms with van der Waals surface area (Å²) in [7, 11) is 0. The van der Waals surface area contributed by atoms with E-state index in [-0.39, 0.29) is 39.4 Å². The molecule has 2 N–H and O–H groups in total. The van der Waals surface area contributed by atoms with E-state index in [0.717, 1.165) is 0 Å². The zero-order valence-corrected chi connectivity index (χ0v) is 18.3. The monoisotopic (exact) mass is 483 g/mol. The predicted octanol–water partition coefficient (Wildman–Crippen LogP) is 5.73. The number of hydrogen-bond acceptors (Lipinski definition) is 6. The molecule has 3 rings (SSSR count). The largest absolute Gasteiger partial charge is 0.508 e. The van der Waals surface area contributed by atoms with E-state index < -0.39 is 10.8 Å². The summed E-state index contributed by atoms with van der Waals surface area (Å²) in [6.07, 6.45) is 1.32. The fraction of sp³-hybridized carbons (Fsp3) is 0.0435. The molecule has 0 radical (unpaired) electrons. The lowest BCUT2D eigenvalue weighted by Crippen LogP contribution is -2.13. The van der Waals surface area contributed by atoms with Crippen LogP contribution in [0.1, 0.15) is 11.1 Å². The number of nitriles is 1. The molecule has 0 aliphatic carbocycles. The Morgan fingerprint density at radius 2 is 1.82 bits per heavy atom. The number of anilines is 1. The van der Waals surface area contributed by atoms with Crippen molar-refractivity contribution in [3.05, 3.63) is 97.5 Å². The molecule has 3 aromatic rings. The molecule has 8 nitrogen and oxygen atoms in total. The summed E-state index contributed by atoms with van der Waals surface area (Å²) in [6, 6.07) is 16.5. The Kier molecular flexibility index (Phi) is 7.51. The first-order chi connectivity index (χ1) is 15.8. The minimum Gasteiger partial charge on any atom is -0.508 e. The summed E-state index contributed by atoms with van der Waals surface area (Å²) in [6.45, 7) is -0.00517. The molecular weight excluding hydrogens is 469 g/mol. The van der Waals surface area contributed by atoms with Crippen LogP contribution in [0.4, 0.5) is 11.4 Å². The van der Waals surface area contributed by atoms with Crippen LogP contribution >= 0.6 is 23.2 Å². The van der Waals surface area contributed by atoms with Crippen LogP contribution in [-0.2, 0) is 11.4 Å². The third kappa shape index (κ3) is 6.23. The van der Waals surface area contributed by atoms with E-state index >= 15 is 0 Å². The van der Waals surface area contributed by atoms with Crippen LogP contribution in [0.25, 0.3) is 6.08 Å². The number of carbonyl (C=O) groups is 1. The number of nitro groups is 1. The molecule has 0 spiro atoms. The molecule has 0 atom stereocenters. The first-order valence-electron chi connectivity index (χ1n) is 9.34. The maximum Gasteiger partial charge on any atom is 0.269 e. The number of rotatable bonds is 7. The Labute approximate surface area is 198 Å². The minimum absolute atomic E-state index is 0.00517. The highest BCUT2D eigenvalue weighted by atomic mass is 35.5. The maximum absolute atomic E-state index is 12.4. The van der Waals surface area contributed by atoms with Crippen LogP contribution in [0.5, 0.6) is 11.5 Å². The standard InChI is InChI=1S/C23H15Cl2N3O5/c24-20-10-15(8-16(12-26)23(30)27-17-4-6-19(29)7-5-17)11-21(25)22(20)33-13-14-2-1-3-18(9-14)28(31)32/h1-11,29H,13H2,(H,27,30)/b16-8+. The molecule has 0 aliphatic heterocycles. The van der Waals surface area contributed by atoms with Crippen LogP contribution in [-0.4, -0.2) is 15.9 Å². The summed E-state index contributed by atoms with van der Waals surface area (Å²) in [5, 5.41) is 32.4. The van der Waals surface area contributed by atoms with Gasteiger partial charge in [-0.15, -0.1) is 0 Å². The Balaban J connectivity index is 1.76. The summed E-state index contributed by atoms with van der Waals surface area (Å²) in [4.78, 5) is 22.8. The SMILES string of the molecule is N#C/C(=C\c1cc(Cl)c(OCc2cccc([N+](=O)[O-])c2)c(Cl)c1)C(=O)Nc1ccc(O)cc1. The second-order valence-electron chi connectivity index (χ2n) is 6.70. The lowest BCUT2D eigenvalue weighted by Gasteiger charge is -2.11. The Morgan fingerprint density at radius 1 is 1.15 bits per heavy atom. The Hall–Kier alpha value is -4.06. The van der Waals surface area contributed by atoms with Gasteiger partial charge in [0, 0.05) is 17.8 Å². The number of benzene rings is 3. The second-order valence-corrected chi connectivity index (χ2v) is 7.51. The summed E-state index contributed by atoms with van der Waals surface area (Å²) >= 11 is 12.6. The van der Waals surface area contributed by atoms with Crippen molar-refractivity contribution >= 4 is 46.6 Å². The van der Waals surface area contributed by atoms with Crippen LogP contribution in [0, 0.1) is 21.4 Å². The van der Waals surface area contributed by atoms with Gasteiger partial charge in [0.1, 0.15) is 24.0 Å². The molecule has 3 aromatic carbocycles. The fourth-order valence-corrected chi connectivity index (χ4v) is 3.39. The van der Waals surface area contributed by atoms with Gasteiger partial charge in [-0.25, -0.2) is 0 Å². The molecule has 33 heavy (non-hydrogen) atoms. The second kappa shape index (κ2) is 10.5. The first kappa shape index (κ1) is 23.6. The lowest BCUT2D eigenvalue weighted by atomic mass is 10.1. The predicted molar refractivity (Wildman–Crippen MR) is 124 cm³/mol. The van der Waals surface area contributed by atoms with Gasteiger partial charge >= 0.3 is 0 Å². The smallest absolute Gasteiger partial charge is 0.269 e. The maximum atomic E-state index is 12.4. The summed E-state index contributed by atoms with van der Waals surface area (Å²) in [5.41, 5.74) is 1.09. The van der Waals surface area contributed by atoms with E-state index in [1.807, 2.05) is 6.07 Å². The van der Waals surface area contributed by atoms with Gasteiger partial charge in [-0.1, -0.05) is 35.3 Å². The van der Waals surface area contributed by atoms with Gasteiger partial charge in [-0.2, -0.15) is 5.26 Å². The molecule has 0 saturated heterocycles. The highest BCUT2D eigenvalue weighted by Crippen LogP contribution is 2.35. The number of nitro benzene ring substituents is 1. The quantitative estimate of drug-likeness (QED) is 0.145. The normalized spacial score (nSPS) is 10.9. The summed E-state index contributed by atoms with van der Waals surface area (Å²) < 4.78 is 5.64. The van der Waals surface area contributed by atoms with Crippen LogP contribution < -0.4 is 10.1 Å². The van der Waals surface area contributed by atoms with Crippen molar-refractivity contribution in [3.8, 4) is 17.6 Å². The van der Waals surface area contributed by atoms with Crippen LogP contribution in [0.2, 0.25) is 10.0 Å². The third-order valence-corrected chi connectivity index (χ3v) is 4.89. The van der Waals surface area contributed by atoms with Gasteiger partial charge in [0.2, 0.25) is 0 Å². The van der Waals surface area contributed by atoms with Crippen molar-refractivity contribution in [1.82, 2.24) is 0 Å². The zero-order chi connectivity index (χ0) is 24.0. The van der Waals surface area contributed by atoms with Gasteiger partial charge in [0.25, 0.3) is 11.6 Å². The first-order valence-corrected chi connectivity index (χ1v) is 10.1. The van der Waals surface area contributed by atoms with Crippen molar-refractivity contribution in [2.24, 2.45) is 0 Å². The van der Waals surface area contributed by atoms with Crippen LogP contribution in [0.3, 0.4) is 0 Å². The number of amides is 1. The van der Waals surface area contributed by atoms with E-state index in [0.29, 0.717) is 16.8 Å². The molecule has 166 valence electrons. The van der Waals surface area contributed by atoms with Gasteiger partial charge in [0.05, 0.1) is 15.0 Å².